The van der Waals surface area contributed by atoms with E-state index in [-0.39, 0.29) is 16.9 Å². The van der Waals surface area contributed by atoms with Crippen molar-refractivity contribution in [3.63, 3.8) is 0 Å². The second-order valence-corrected chi connectivity index (χ2v) is 7.36. The zero-order valence-corrected chi connectivity index (χ0v) is 11.9. The molecule has 2 bridgehead atoms. The van der Waals surface area contributed by atoms with Gasteiger partial charge in [-0.3, -0.25) is 4.79 Å². The molecule has 0 aromatic rings. The molecule has 2 rings (SSSR count). The molecular weight excluding hydrogens is 250 g/mol. The van der Waals surface area contributed by atoms with Gasteiger partial charge < -0.3 is 15.9 Å². The van der Waals surface area contributed by atoms with E-state index >= 15 is 0 Å². The topological polar surface area (TPSA) is 83.6 Å². The number of nitrogens with two attached hydrogens (primary N) is 1. The van der Waals surface area contributed by atoms with Crippen LogP contribution in [0.25, 0.3) is 0 Å². The maximum Gasteiger partial charge on any atom is 0.321 e. The minimum Gasteiger partial charge on any atom is -0.480 e. The van der Waals surface area contributed by atoms with Crippen LogP contribution in [0.4, 0.5) is 0 Å². The molecule has 0 radical (unpaired) electrons. The van der Waals surface area contributed by atoms with Crippen molar-refractivity contribution in [1.29, 1.82) is 0 Å². The van der Waals surface area contributed by atoms with Crippen LogP contribution in [-0.4, -0.2) is 39.8 Å². The van der Waals surface area contributed by atoms with Crippen LogP contribution < -0.4 is 5.73 Å². The summed E-state index contributed by atoms with van der Waals surface area (Å²) in [5.74, 6) is 0.903. The first-order valence-electron chi connectivity index (χ1n) is 6.55. The lowest BCUT2D eigenvalue weighted by atomic mass is 9.70. The molecular formula is C13H23NO3S. The fraction of sp³-hybridized carbons (Fsp3) is 0.923. The number of thioether (sulfide) groups is 1. The van der Waals surface area contributed by atoms with E-state index in [1.54, 1.807) is 11.8 Å². The number of carboxylic acids is 1. The summed E-state index contributed by atoms with van der Waals surface area (Å²) in [6.07, 6.45) is 2.91. The van der Waals surface area contributed by atoms with Gasteiger partial charge in [0.1, 0.15) is 6.04 Å². The van der Waals surface area contributed by atoms with E-state index in [1.165, 1.54) is 6.42 Å². The van der Waals surface area contributed by atoms with Crippen LogP contribution in [0.3, 0.4) is 0 Å². The van der Waals surface area contributed by atoms with Crippen LogP contribution in [0, 0.1) is 16.7 Å². The highest BCUT2D eigenvalue weighted by atomic mass is 32.2. The minimum atomic E-state index is -0.949. The molecule has 0 aromatic heterocycles. The third-order valence-corrected chi connectivity index (χ3v) is 6.68. The monoisotopic (exact) mass is 273 g/mol. The molecule has 4 nitrogen and oxygen atoms in total. The summed E-state index contributed by atoms with van der Waals surface area (Å²) in [5.41, 5.74) is 5.63. The normalized spacial score (nSPS) is 38.9. The Balaban J connectivity index is 1.97. The van der Waals surface area contributed by atoms with Gasteiger partial charge in [-0.2, -0.15) is 11.8 Å². The van der Waals surface area contributed by atoms with E-state index in [1.807, 2.05) is 0 Å². The van der Waals surface area contributed by atoms with Crippen molar-refractivity contribution >= 4 is 17.7 Å². The van der Waals surface area contributed by atoms with Crippen molar-refractivity contribution in [2.75, 3.05) is 11.5 Å². The molecule has 2 aliphatic carbocycles. The summed E-state index contributed by atoms with van der Waals surface area (Å²) in [7, 11) is 0. The lowest BCUT2D eigenvalue weighted by Crippen LogP contribution is -2.42. The van der Waals surface area contributed by atoms with E-state index in [9.17, 15) is 9.90 Å². The Labute approximate surface area is 112 Å². The SMILES string of the molecule is CC1(C)[C@@H]2CC[C@@]1(CSC[C@H](N)C(=O)O)[C@H](O)C2. The first kappa shape index (κ1) is 14.2. The van der Waals surface area contributed by atoms with Gasteiger partial charge in [-0.1, -0.05) is 13.8 Å². The number of rotatable bonds is 5. The second kappa shape index (κ2) is 4.69. The highest BCUT2D eigenvalue weighted by Crippen LogP contribution is 2.66. The number of hydrogen-bond acceptors (Lipinski definition) is 4. The zero-order chi connectivity index (χ0) is 13.6. The summed E-state index contributed by atoms with van der Waals surface area (Å²) in [6.45, 7) is 4.50. The predicted molar refractivity (Wildman–Crippen MR) is 72.5 cm³/mol. The number of hydrogen-bond donors (Lipinski definition) is 3. The summed E-state index contributed by atoms with van der Waals surface area (Å²) >= 11 is 1.58. The van der Waals surface area contributed by atoms with Crippen LogP contribution in [0.15, 0.2) is 0 Å². The lowest BCUT2D eigenvalue weighted by Gasteiger charge is -2.40. The van der Waals surface area contributed by atoms with Crippen molar-refractivity contribution in [1.82, 2.24) is 0 Å². The van der Waals surface area contributed by atoms with E-state index in [0.29, 0.717) is 11.7 Å². The maximum absolute atomic E-state index is 10.7. The van der Waals surface area contributed by atoms with Gasteiger partial charge in [0, 0.05) is 16.9 Å². The standard InChI is InChI=1S/C13H23NO3S/c1-12(2)8-3-4-13(12,10(15)5-8)7-18-6-9(14)11(16)17/h8-10,15H,3-7,14H2,1-2H3,(H,16,17)/t8-,9+,10-,13-/m1/s1. The molecule has 0 amide bonds. The van der Waals surface area contributed by atoms with Crippen LogP contribution >= 0.6 is 11.8 Å². The highest BCUT2D eigenvalue weighted by molar-refractivity contribution is 7.99. The van der Waals surface area contributed by atoms with Gasteiger partial charge in [-0.25, -0.2) is 0 Å². The first-order valence-corrected chi connectivity index (χ1v) is 7.71. The van der Waals surface area contributed by atoms with E-state index in [4.69, 9.17) is 10.8 Å². The number of carboxylic acid groups (broad SMARTS) is 1. The Morgan fingerprint density at radius 2 is 2.22 bits per heavy atom. The molecule has 0 spiro atoms. The van der Waals surface area contributed by atoms with Gasteiger partial charge in [0.15, 0.2) is 0 Å². The molecule has 2 aliphatic rings. The average Bonchev–Trinajstić information content (AvgIpc) is 2.62. The third kappa shape index (κ3) is 1.96. The number of aliphatic carboxylic acids is 1. The Morgan fingerprint density at radius 1 is 1.56 bits per heavy atom. The molecule has 18 heavy (non-hydrogen) atoms. The zero-order valence-electron chi connectivity index (χ0n) is 11.1. The number of fused-ring (bicyclic) bond motifs is 2. The number of aliphatic hydroxyl groups excluding tert-OH is 1. The van der Waals surface area contributed by atoms with Gasteiger partial charge in [0.2, 0.25) is 0 Å². The second-order valence-electron chi connectivity index (χ2n) is 6.32. The molecule has 2 fully saturated rings. The number of aliphatic hydroxyl groups is 1. The van der Waals surface area contributed by atoms with Crippen molar-refractivity contribution in [2.24, 2.45) is 22.5 Å². The molecule has 0 aromatic carbocycles. The minimum absolute atomic E-state index is 0.0411. The Bertz CT molecular complexity index is 347. The summed E-state index contributed by atoms with van der Waals surface area (Å²) in [6, 6.07) is -0.801. The van der Waals surface area contributed by atoms with E-state index < -0.39 is 12.0 Å². The predicted octanol–water partition coefficient (Wildman–Crippen LogP) is 1.32. The summed E-state index contributed by atoms with van der Waals surface area (Å²) in [4.78, 5) is 10.7. The molecule has 0 unspecified atom stereocenters. The summed E-state index contributed by atoms with van der Waals surface area (Å²) in [5, 5.41) is 19.1. The van der Waals surface area contributed by atoms with Gasteiger partial charge in [0.05, 0.1) is 6.10 Å². The van der Waals surface area contributed by atoms with Gasteiger partial charge >= 0.3 is 5.97 Å². The Hall–Kier alpha value is -0.260. The highest BCUT2D eigenvalue weighted by Gasteiger charge is 2.63. The Morgan fingerprint density at radius 3 is 2.67 bits per heavy atom. The van der Waals surface area contributed by atoms with Crippen molar-refractivity contribution in [3.8, 4) is 0 Å². The molecule has 104 valence electrons. The maximum atomic E-state index is 10.7. The summed E-state index contributed by atoms with van der Waals surface area (Å²) < 4.78 is 0. The lowest BCUT2D eigenvalue weighted by molar-refractivity contribution is -0.137. The molecule has 0 heterocycles. The van der Waals surface area contributed by atoms with Gasteiger partial charge in [-0.15, -0.1) is 0 Å². The van der Waals surface area contributed by atoms with Crippen LogP contribution in [0.2, 0.25) is 0 Å². The molecule has 0 aliphatic heterocycles. The van der Waals surface area contributed by atoms with Crippen molar-refractivity contribution in [3.05, 3.63) is 0 Å². The van der Waals surface area contributed by atoms with Crippen molar-refractivity contribution in [2.45, 2.75) is 45.3 Å². The quantitative estimate of drug-likeness (QED) is 0.703. The van der Waals surface area contributed by atoms with Gasteiger partial charge in [0.25, 0.3) is 0 Å². The van der Waals surface area contributed by atoms with Gasteiger partial charge in [-0.05, 0) is 30.6 Å². The largest absolute Gasteiger partial charge is 0.480 e. The Kier molecular flexibility index (Phi) is 3.69. The van der Waals surface area contributed by atoms with Crippen LogP contribution in [-0.2, 0) is 4.79 Å². The van der Waals surface area contributed by atoms with Crippen LogP contribution in [0.1, 0.15) is 33.1 Å². The fourth-order valence-corrected chi connectivity index (χ4v) is 5.41. The molecule has 0 saturated heterocycles. The van der Waals surface area contributed by atoms with E-state index in [0.717, 1.165) is 18.6 Å². The third-order valence-electron chi connectivity index (χ3n) is 5.36. The fourth-order valence-electron chi connectivity index (χ4n) is 3.82. The van der Waals surface area contributed by atoms with E-state index in [2.05, 4.69) is 13.8 Å². The van der Waals surface area contributed by atoms with Crippen molar-refractivity contribution < 1.29 is 15.0 Å². The number of carbonyl (C=O) groups is 1. The molecule has 4 atom stereocenters. The molecule has 4 N–H and O–H groups in total. The first-order chi connectivity index (χ1) is 8.31. The average molecular weight is 273 g/mol. The van der Waals surface area contributed by atoms with Crippen LogP contribution in [0.5, 0.6) is 0 Å². The molecule has 5 heteroatoms. The smallest absolute Gasteiger partial charge is 0.321 e. The molecule has 2 saturated carbocycles.